The predicted octanol–water partition coefficient (Wildman–Crippen LogP) is 0.431. The first-order chi connectivity index (χ1) is 5.47. The molecule has 2 aliphatic heterocycles. The van der Waals surface area contributed by atoms with Crippen molar-refractivity contribution in [2.45, 2.75) is 19.3 Å². The zero-order valence-corrected chi connectivity index (χ0v) is 6.84. The van der Waals surface area contributed by atoms with Gasteiger partial charge in [0.15, 0.2) is 5.96 Å². The summed E-state index contributed by atoms with van der Waals surface area (Å²) in [5, 5.41) is 3.30. The third kappa shape index (κ3) is 1.47. The van der Waals surface area contributed by atoms with E-state index in [0.717, 1.165) is 19.0 Å². The van der Waals surface area contributed by atoms with Crippen molar-refractivity contribution >= 4 is 5.96 Å². The fourth-order valence-electron chi connectivity index (χ4n) is 1.70. The van der Waals surface area contributed by atoms with Crippen LogP contribution in [0.25, 0.3) is 0 Å². The molecule has 0 amide bonds. The highest BCUT2D eigenvalue weighted by Gasteiger charge is 2.16. The van der Waals surface area contributed by atoms with Crippen molar-refractivity contribution in [1.82, 2.24) is 10.2 Å². The average molecular weight is 153 g/mol. The Kier molecular flexibility index (Phi) is 1.97. The van der Waals surface area contributed by atoms with Gasteiger partial charge in [-0.1, -0.05) is 0 Å². The Balaban J connectivity index is 1.92. The van der Waals surface area contributed by atoms with Crippen LogP contribution in [-0.2, 0) is 0 Å². The minimum absolute atomic E-state index is 0.964. The highest BCUT2D eigenvalue weighted by Crippen LogP contribution is 2.09. The van der Waals surface area contributed by atoms with Gasteiger partial charge in [0.2, 0.25) is 0 Å². The summed E-state index contributed by atoms with van der Waals surface area (Å²) in [6.45, 7) is 4.40. The maximum Gasteiger partial charge on any atom is 0.194 e. The van der Waals surface area contributed by atoms with Crippen molar-refractivity contribution in [3.05, 3.63) is 0 Å². The van der Waals surface area contributed by atoms with E-state index < -0.39 is 0 Å². The van der Waals surface area contributed by atoms with E-state index in [2.05, 4.69) is 15.2 Å². The average Bonchev–Trinajstić information content (AvgIpc) is 2.58. The highest BCUT2D eigenvalue weighted by molar-refractivity contribution is 5.81. The number of piperidine rings is 1. The van der Waals surface area contributed by atoms with E-state index >= 15 is 0 Å². The summed E-state index contributed by atoms with van der Waals surface area (Å²) in [4.78, 5) is 6.76. The second-order valence-corrected chi connectivity index (χ2v) is 3.18. The predicted molar refractivity (Wildman–Crippen MR) is 45.7 cm³/mol. The highest BCUT2D eigenvalue weighted by atomic mass is 15.3. The quantitative estimate of drug-likeness (QED) is 0.546. The molecule has 3 heteroatoms. The smallest absolute Gasteiger partial charge is 0.194 e. The molecule has 2 rings (SSSR count). The fraction of sp³-hybridized carbons (Fsp3) is 0.875. The van der Waals surface area contributed by atoms with Crippen LogP contribution < -0.4 is 5.32 Å². The summed E-state index contributed by atoms with van der Waals surface area (Å²) in [6, 6.07) is 0. The Hall–Kier alpha value is -0.730. The molecular weight excluding hydrogens is 138 g/mol. The van der Waals surface area contributed by atoms with E-state index in [1.807, 2.05) is 0 Å². The van der Waals surface area contributed by atoms with E-state index in [-0.39, 0.29) is 0 Å². The number of hydrogen-bond donors (Lipinski definition) is 1. The molecule has 1 N–H and O–H groups in total. The lowest BCUT2D eigenvalue weighted by Crippen LogP contribution is -2.41. The molecule has 62 valence electrons. The lowest BCUT2D eigenvalue weighted by atomic mass is 10.1. The Morgan fingerprint density at radius 1 is 1.18 bits per heavy atom. The molecule has 0 radical (unpaired) electrons. The SMILES string of the molecule is C1CCN(C2=NCCN2)CC1. The van der Waals surface area contributed by atoms with Crippen molar-refractivity contribution < 1.29 is 0 Å². The van der Waals surface area contributed by atoms with Gasteiger partial charge in [0.05, 0.1) is 6.54 Å². The molecule has 0 aliphatic carbocycles. The van der Waals surface area contributed by atoms with Crippen molar-refractivity contribution in [1.29, 1.82) is 0 Å². The molecule has 0 aromatic rings. The zero-order valence-electron chi connectivity index (χ0n) is 6.84. The van der Waals surface area contributed by atoms with E-state index in [9.17, 15) is 0 Å². The van der Waals surface area contributed by atoms with E-state index in [1.54, 1.807) is 0 Å². The van der Waals surface area contributed by atoms with Crippen LogP contribution in [0, 0.1) is 0 Å². The summed E-state index contributed by atoms with van der Waals surface area (Å²) < 4.78 is 0. The molecule has 1 fully saturated rings. The lowest BCUT2D eigenvalue weighted by Gasteiger charge is -2.28. The number of hydrogen-bond acceptors (Lipinski definition) is 3. The summed E-state index contributed by atoms with van der Waals surface area (Å²) in [5.74, 6) is 1.14. The van der Waals surface area contributed by atoms with Gasteiger partial charge in [0.25, 0.3) is 0 Å². The summed E-state index contributed by atoms with van der Waals surface area (Å²) in [7, 11) is 0. The van der Waals surface area contributed by atoms with Crippen molar-refractivity contribution in [3.8, 4) is 0 Å². The van der Waals surface area contributed by atoms with Crippen LogP contribution in [0.15, 0.2) is 4.99 Å². The van der Waals surface area contributed by atoms with Crippen LogP contribution in [-0.4, -0.2) is 37.0 Å². The van der Waals surface area contributed by atoms with Gasteiger partial charge >= 0.3 is 0 Å². The van der Waals surface area contributed by atoms with Crippen LogP contribution in [0.5, 0.6) is 0 Å². The Morgan fingerprint density at radius 3 is 2.64 bits per heavy atom. The molecule has 0 bridgehead atoms. The first kappa shape index (κ1) is 6.95. The number of aliphatic imine (C=N–C) groups is 1. The number of nitrogens with one attached hydrogen (secondary N) is 1. The van der Waals surface area contributed by atoms with E-state index in [1.165, 1.54) is 32.4 Å². The maximum absolute atomic E-state index is 4.39. The monoisotopic (exact) mass is 153 g/mol. The van der Waals surface area contributed by atoms with Gasteiger partial charge in [0.1, 0.15) is 0 Å². The fourth-order valence-corrected chi connectivity index (χ4v) is 1.70. The van der Waals surface area contributed by atoms with Gasteiger partial charge in [-0.15, -0.1) is 0 Å². The molecule has 11 heavy (non-hydrogen) atoms. The first-order valence-corrected chi connectivity index (χ1v) is 4.50. The topological polar surface area (TPSA) is 27.6 Å². The van der Waals surface area contributed by atoms with Crippen LogP contribution in [0.3, 0.4) is 0 Å². The molecule has 2 heterocycles. The van der Waals surface area contributed by atoms with Gasteiger partial charge in [0, 0.05) is 19.6 Å². The van der Waals surface area contributed by atoms with Gasteiger partial charge in [-0.05, 0) is 19.3 Å². The number of likely N-dealkylation sites (tertiary alicyclic amines) is 1. The Labute approximate surface area is 67.5 Å². The summed E-state index contributed by atoms with van der Waals surface area (Å²) in [5.41, 5.74) is 0. The van der Waals surface area contributed by atoms with Crippen molar-refractivity contribution in [3.63, 3.8) is 0 Å². The third-order valence-corrected chi connectivity index (χ3v) is 2.31. The van der Waals surface area contributed by atoms with Gasteiger partial charge in [-0.25, -0.2) is 0 Å². The normalized spacial score (nSPS) is 24.7. The van der Waals surface area contributed by atoms with Gasteiger partial charge in [-0.3, -0.25) is 4.99 Å². The molecule has 0 unspecified atom stereocenters. The van der Waals surface area contributed by atoms with Crippen LogP contribution in [0.2, 0.25) is 0 Å². The number of rotatable bonds is 0. The second kappa shape index (κ2) is 3.11. The lowest BCUT2D eigenvalue weighted by molar-refractivity contribution is 0.335. The first-order valence-electron chi connectivity index (χ1n) is 4.50. The minimum Gasteiger partial charge on any atom is -0.354 e. The Morgan fingerprint density at radius 2 is 2.00 bits per heavy atom. The molecule has 3 nitrogen and oxygen atoms in total. The largest absolute Gasteiger partial charge is 0.354 e. The summed E-state index contributed by atoms with van der Waals surface area (Å²) in [6.07, 6.45) is 4.06. The molecule has 0 spiro atoms. The molecule has 0 aromatic carbocycles. The summed E-state index contributed by atoms with van der Waals surface area (Å²) >= 11 is 0. The van der Waals surface area contributed by atoms with Crippen molar-refractivity contribution in [2.24, 2.45) is 4.99 Å². The van der Waals surface area contributed by atoms with Crippen molar-refractivity contribution in [2.75, 3.05) is 26.2 Å². The third-order valence-electron chi connectivity index (χ3n) is 2.31. The molecule has 0 saturated carbocycles. The van der Waals surface area contributed by atoms with Crippen LogP contribution >= 0.6 is 0 Å². The molecule has 0 atom stereocenters. The molecular formula is C8H15N3. The van der Waals surface area contributed by atoms with E-state index in [0.29, 0.717) is 0 Å². The zero-order chi connectivity index (χ0) is 7.52. The minimum atomic E-state index is 0.964. The number of nitrogens with zero attached hydrogens (tertiary/aromatic N) is 2. The van der Waals surface area contributed by atoms with Crippen LogP contribution in [0.1, 0.15) is 19.3 Å². The standard InChI is InChI=1S/C8H15N3/c1-2-6-11(7-3-1)8-9-4-5-10-8/h1-7H2,(H,9,10). The Bertz CT molecular complexity index is 159. The van der Waals surface area contributed by atoms with Gasteiger partial charge in [-0.2, -0.15) is 0 Å². The van der Waals surface area contributed by atoms with Gasteiger partial charge < -0.3 is 10.2 Å². The molecule has 0 aromatic heterocycles. The molecule has 2 aliphatic rings. The maximum atomic E-state index is 4.39. The number of guanidine groups is 1. The van der Waals surface area contributed by atoms with E-state index in [4.69, 9.17) is 0 Å². The second-order valence-electron chi connectivity index (χ2n) is 3.18. The van der Waals surface area contributed by atoms with Crippen LogP contribution in [0.4, 0.5) is 0 Å². The molecule has 1 saturated heterocycles.